The fourth-order valence-corrected chi connectivity index (χ4v) is 3.58. The minimum absolute atomic E-state index is 0.874. The third kappa shape index (κ3) is 3.27. The molecule has 0 spiro atoms. The predicted molar refractivity (Wildman–Crippen MR) is 78.8 cm³/mol. The van der Waals surface area contributed by atoms with Crippen LogP contribution in [-0.4, -0.2) is 0 Å². The number of thiophene rings is 1. The first-order valence-electron chi connectivity index (χ1n) is 5.75. The zero-order chi connectivity index (χ0) is 12.3. The third-order valence-corrected chi connectivity index (χ3v) is 5.14. The highest BCUT2D eigenvalue weighted by Gasteiger charge is 2.01. The van der Waals surface area contributed by atoms with Gasteiger partial charge < -0.3 is 5.73 Å². The summed E-state index contributed by atoms with van der Waals surface area (Å²) in [6.07, 6.45) is 1.14. The summed E-state index contributed by atoms with van der Waals surface area (Å²) in [5.74, 6) is 1.05. The Hall–Kier alpha value is -0.930. The Morgan fingerprint density at radius 1 is 1.18 bits per heavy atom. The van der Waals surface area contributed by atoms with E-state index in [0.29, 0.717) is 0 Å². The molecule has 0 aliphatic carbocycles. The molecular weight excluding hydrogens is 246 g/mol. The summed E-state index contributed by atoms with van der Waals surface area (Å²) in [4.78, 5) is 4.21. The van der Waals surface area contributed by atoms with Gasteiger partial charge in [0.2, 0.25) is 0 Å². The van der Waals surface area contributed by atoms with Crippen LogP contribution < -0.4 is 5.73 Å². The van der Waals surface area contributed by atoms with Gasteiger partial charge in [0.05, 0.1) is 0 Å². The second kappa shape index (κ2) is 5.61. The van der Waals surface area contributed by atoms with Crippen LogP contribution in [0, 0.1) is 6.92 Å². The maximum absolute atomic E-state index is 5.81. The highest BCUT2D eigenvalue weighted by molar-refractivity contribution is 7.98. The zero-order valence-electron chi connectivity index (χ0n) is 10.2. The molecule has 0 fully saturated rings. The van der Waals surface area contributed by atoms with Crippen molar-refractivity contribution in [2.24, 2.45) is 0 Å². The Morgan fingerprint density at radius 3 is 2.59 bits per heavy atom. The molecule has 3 heteroatoms. The highest BCUT2D eigenvalue weighted by atomic mass is 32.2. The second-order valence-corrected chi connectivity index (χ2v) is 6.33. The van der Waals surface area contributed by atoms with Gasteiger partial charge in [0.15, 0.2) is 0 Å². The summed E-state index contributed by atoms with van der Waals surface area (Å²) in [5, 5.41) is 0. The largest absolute Gasteiger partial charge is 0.399 e. The maximum Gasteiger partial charge on any atom is 0.0344 e. The second-order valence-electron chi connectivity index (χ2n) is 4.03. The molecule has 1 aromatic carbocycles. The lowest BCUT2D eigenvalue weighted by Crippen LogP contribution is -1.88. The van der Waals surface area contributed by atoms with Crippen molar-refractivity contribution in [3.05, 3.63) is 45.6 Å². The Labute approximate surface area is 111 Å². The van der Waals surface area contributed by atoms with Gasteiger partial charge in [-0.05, 0) is 49.2 Å². The van der Waals surface area contributed by atoms with Gasteiger partial charge in [-0.25, -0.2) is 0 Å². The molecular formula is C14H17NS2. The highest BCUT2D eigenvalue weighted by Crippen LogP contribution is 2.28. The van der Waals surface area contributed by atoms with Crippen LogP contribution in [0.2, 0.25) is 0 Å². The molecule has 2 aromatic rings. The number of rotatable bonds is 4. The first-order chi connectivity index (χ1) is 8.19. The number of hydrogen-bond donors (Lipinski definition) is 1. The molecule has 0 bridgehead atoms. The molecule has 90 valence electrons. The molecule has 1 aromatic heterocycles. The summed E-state index contributed by atoms with van der Waals surface area (Å²) in [6.45, 7) is 4.26. The van der Waals surface area contributed by atoms with Crippen molar-refractivity contribution in [1.82, 2.24) is 0 Å². The summed E-state index contributed by atoms with van der Waals surface area (Å²) < 4.78 is 0. The van der Waals surface area contributed by atoms with Crippen LogP contribution in [0.15, 0.2) is 35.2 Å². The molecule has 0 aliphatic rings. The van der Waals surface area contributed by atoms with E-state index in [1.807, 2.05) is 29.2 Å². The topological polar surface area (TPSA) is 26.0 Å². The maximum atomic E-state index is 5.81. The van der Waals surface area contributed by atoms with Crippen molar-refractivity contribution in [2.45, 2.75) is 30.9 Å². The number of nitrogens with two attached hydrogens (primary N) is 1. The van der Waals surface area contributed by atoms with E-state index in [2.05, 4.69) is 38.1 Å². The minimum Gasteiger partial charge on any atom is -0.399 e. The zero-order valence-corrected chi connectivity index (χ0v) is 11.8. The van der Waals surface area contributed by atoms with Gasteiger partial charge in [-0.3, -0.25) is 0 Å². The number of anilines is 1. The van der Waals surface area contributed by atoms with Crippen molar-refractivity contribution < 1.29 is 0 Å². The van der Waals surface area contributed by atoms with Gasteiger partial charge in [0.1, 0.15) is 0 Å². The number of thioether (sulfide) groups is 1. The Bertz CT molecular complexity index is 503. The van der Waals surface area contributed by atoms with Crippen LogP contribution in [0.25, 0.3) is 0 Å². The molecule has 0 aliphatic heterocycles. The van der Waals surface area contributed by atoms with E-state index in [0.717, 1.165) is 23.4 Å². The lowest BCUT2D eigenvalue weighted by molar-refractivity contribution is 1.19. The van der Waals surface area contributed by atoms with Gasteiger partial charge in [-0.2, -0.15) is 0 Å². The summed E-state index contributed by atoms with van der Waals surface area (Å²) in [6, 6.07) is 10.7. The van der Waals surface area contributed by atoms with Crippen molar-refractivity contribution in [2.75, 3.05) is 5.73 Å². The quantitative estimate of drug-likeness (QED) is 0.649. The van der Waals surface area contributed by atoms with E-state index in [1.54, 1.807) is 0 Å². The van der Waals surface area contributed by atoms with E-state index >= 15 is 0 Å². The molecule has 0 saturated carbocycles. The normalized spacial score (nSPS) is 10.7. The average Bonchev–Trinajstić information content (AvgIpc) is 2.79. The van der Waals surface area contributed by atoms with Crippen LogP contribution in [0.1, 0.15) is 22.2 Å². The number of nitrogen functional groups attached to an aromatic ring is 1. The Morgan fingerprint density at radius 2 is 1.94 bits per heavy atom. The van der Waals surface area contributed by atoms with E-state index < -0.39 is 0 Å². The van der Waals surface area contributed by atoms with Crippen LogP contribution in [0.3, 0.4) is 0 Å². The first kappa shape index (κ1) is 12.5. The van der Waals surface area contributed by atoms with Crippen molar-refractivity contribution in [1.29, 1.82) is 0 Å². The smallest absolute Gasteiger partial charge is 0.0344 e. The summed E-state index contributed by atoms with van der Waals surface area (Å²) in [7, 11) is 0. The van der Waals surface area contributed by atoms with Crippen LogP contribution in [-0.2, 0) is 12.2 Å². The molecule has 0 saturated heterocycles. The molecule has 1 heterocycles. The monoisotopic (exact) mass is 263 g/mol. The van der Waals surface area contributed by atoms with E-state index in [4.69, 9.17) is 5.73 Å². The molecule has 2 rings (SSSR count). The van der Waals surface area contributed by atoms with Gasteiger partial charge in [0.25, 0.3) is 0 Å². The van der Waals surface area contributed by atoms with Gasteiger partial charge in [0, 0.05) is 26.1 Å². The third-order valence-electron chi connectivity index (χ3n) is 2.69. The lowest BCUT2D eigenvalue weighted by Gasteiger charge is -2.03. The molecule has 0 atom stereocenters. The molecule has 0 unspecified atom stereocenters. The fraction of sp³-hybridized carbons (Fsp3) is 0.286. The van der Waals surface area contributed by atoms with Crippen molar-refractivity contribution >= 4 is 28.8 Å². The predicted octanol–water partition coefficient (Wildman–Crippen LogP) is 4.49. The molecule has 2 N–H and O–H groups in total. The van der Waals surface area contributed by atoms with Crippen LogP contribution in [0.5, 0.6) is 0 Å². The van der Waals surface area contributed by atoms with Crippen molar-refractivity contribution in [3.63, 3.8) is 0 Å². The Balaban J connectivity index is 1.99. The number of benzene rings is 1. The van der Waals surface area contributed by atoms with E-state index in [-0.39, 0.29) is 0 Å². The SMILES string of the molecule is CCc1ccc(CSc2ccc(N)c(C)c2)s1. The lowest BCUT2D eigenvalue weighted by atomic mass is 10.2. The van der Waals surface area contributed by atoms with Gasteiger partial charge >= 0.3 is 0 Å². The van der Waals surface area contributed by atoms with E-state index in [9.17, 15) is 0 Å². The molecule has 1 nitrogen and oxygen atoms in total. The summed E-state index contributed by atoms with van der Waals surface area (Å²) >= 11 is 3.79. The van der Waals surface area contributed by atoms with Crippen LogP contribution in [0.4, 0.5) is 5.69 Å². The molecule has 0 radical (unpaired) electrons. The minimum atomic E-state index is 0.874. The Kier molecular flexibility index (Phi) is 4.13. The van der Waals surface area contributed by atoms with Crippen molar-refractivity contribution in [3.8, 4) is 0 Å². The van der Waals surface area contributed by atoms with Gasteiger partial charge in [-0.1, -0.05) is 6.92 Å². The van der Waals surface area contributed by atoms with Gasteiger partial charge in [-0.15, -0.1) is 23.1 Å². The first-order valence-corrected chi connectivity index (χ1v) is 7.55. The average molecular weight is 263 g/mol. The number of hydrogen-bond acceptors (Lipinski definition) is 3. The fourth-order valence-electron chi connectivity index (χ4n) is 1.58. The van der Waals surface area contributed by atoms with E-state index in [1.165, 1.54) is 14.6 Å². The standard InChI is InChI=1S/C14H17NS2/c1-3-11-4-5-13(17-11)9-16-12-6-7-14(15)10(2)8-12/h4-8H,3,9,15H2,1-2H3. The molecule has 0 amide bonds. The molecule has 17 heavy (non-hydrogen) atoms. The summed E-state index contributed by atoms with van der Waals surface area (Å²) in [5.41, 5.74) is 7.85. The van der Waals surface area contributed by atoms with Crippen LogP contribution >= 0.6 is 23.1 Å². The number of aryl methyl sites for hydroxylation is 2.